The molecular formula is C34H32F3N5O5. The summed E-state index contributed by atoms with van der Waals surface area (Å²) >= 11 is 0. The third-order valence-corrected chi connectivity index (χ3v) is 9.74. The van der Waals surface area contributed by atoms with Crippen molar-refractivity contribution < 1.29 is 33.0 Å². The number of nitro benzene ring substituents is 1. The van der Waals surface area contributed by atoms with Crippen molar-refractivity contribution in [1.29, 1.82) is 0 Å². The second-order valence-corrected chi connectivity index (χ2v) is 13.1. The van der Waals surface area contributed by atoms with Crippen LogP contribution in [0.2, 0.25) is 0 Å². The topological polar surface area (TPSA) is 125 Å². The highest BCUT2D eigenvalue weighted by Gasteiger charge is 2.49. The number of piperidine rings is 1. The molecular weight excluding hydrogens is 615 g/mol. The molecule has 0 saturated carbocycles. The van der Waals surface area contributed by atoms with Crippen LogP contribution in [0.15, 0.2) is 30.3 Å². The number of hydrogen-bond donors (Lipinski definition) is 2. The number of terminal acetylenes is 1. The van der Waals surface area contributed by atoms with Crippen molar-refractivity contribution in [3.8, 4) is 35.2 Å². The summed E-state index contributed by atoms with van der Waals surface area (Å²) in [4.78, 5) is 24.6. The van der Waals surface area contributed by atoms with E-state index in [1.54, 1.807) is 11.8 Å². The van der Waals surface area contributed by atoms with E-state index in [-0.39, 0.29) is 70.0 Å². The van der Waals surface area contributed by atoms with Gasteiger partial charge in [-0.2, -0.15) is 9.97 Å². The van der Waals surface area contributed by atoms with Gasteiger partial charge in [-0.05, 0) is 62.7 Å². The number of nitro groups is 1. The Labute approximate surface area is 267 Å². The van der Waals surface area contributed by atoms with Crippen LogP contribution in [0.1, 0.15) is 44.6 Å². The fourth-order valence-electron chi connectivity index (χ4n) is 7.69. The summed E-state index contributed by atoms with van der Waals surface area (Å²) in [5, 5.41) is 34.3. The van der Waals surface area contributed by atoms with Gasteiger partial charge in [0.1, 0.15) is 35.7 Å². The number of halogens is 3. The zero-order valence-electron chi connectivity index (χ0n) is 25.6. The summed E-state index contributed by atoms with van der Waals surface area (Å²) in [6.07, 6.45) is 7.59. The van der Waals surface area contributed by atoms with Crippen LogP contribution in [0, 0.1) is 34.1 Å². The first-order valence-electron chi connectivity index (χ1n) is 15.5. The molecule has 4 aromatic rings. The Morgan fingerprint density at radius 2 is 1.98 bits per heavy atom. The van der Waals surface area contributed by atoms with Crippen LogP contribution in [0.5, 0.6) is 11.8 Å². The van der Waals surface area contributed by atoms with E-state index in [2.05, 4.69) is 20.8 Å². The van der Waals surface area contributed by atoms with Crippen molar-refractivity contribution in [2.24, 2.45) is 0 Å². The molecule has 13 heteroatoms. The number of benzene rings is 3. The quantitative estimate of drug-likeness (QED) is 0.156. The van der Waals surface area contributed by atoms with Crippen molar-refractivity contribution in [3.63, 3.8) is 0 Å². The molecule has 7 rings (SSSR count). The molecule has 0 spiro atoms. The molecule has 3 aromatic carbocycles. The average Bonchev–Trinajstić information content (AvgIpc) is 3.54. The molecule has 47 heavy (non-hydrogen) atoms. The molecule has 2 N–H and O–H groups in total. The number of phenolic OH excluding ortho intramolecular Hbond substituents is 1. The van der Waals surface area contributed by atoms with Crippen LogP contribution < -0.4 is 9.64 Å². The summed E-state index contributed by atoms with van der Waals surface area (Å²) in [5.41, 5.74) is -3.66. The van der Waals surface area contributed by atoms with Crippen LogP contribution in [0.4, 0.5) is 24.7 Å². The Morgan fingerprint density at radius 3 is 2.72 bits per heavy atom. The number of β-amino-alcohol motifs (C(OH)–C–C–N with tert-alkyl or cyclic N) is 1. The van der Waals surface area contributed by atoms with Gasteiger partial charge in [-0.25, -0.2) is 13.2 Å². The number of anilines is 1. The number of aromatic nitrogens is 2. The Balaban J connectivity index is 1.46. The first kappa shape index (κ1) is 31.0. The Bertz CT molecular complexity index is 2000. The van der Waals surface area contributed by atoms with E-state index in [4.69, 9.17) is 11.2 Å². The zero-order valence-corrected chi connectivity index (χ0v) is 25.6. The molecule has 0 aliphatic carbocycles. The highest BCUT2D eigenvalue weighted by Crippen LogP contribution is 2.46. The molecule has 3 atom stereocenters. The lowest BCUT2D eigenvalue weighted by atomic mass is 9.91. The van der Waals surface area contributed by atoms with Crippen LogP contribution in [0.25, 0.3) is 32.8 Å². The number of alkyl halides is 1. The highest BCUT2D eigenvalue weighted by atomic mass is 19.1. The normalized spacial score (nSPS) is 24.5. The Kier molecular flexibility index (Phi) is 7.40. The lowest BCUT2D eigenvalue weighted by molar-refractivity contribution is -0.384. The number of rotatable bonds is 6. The molecule has 0 amide bonds. The van der Waals surface area contributed by atoms with E-state index >= 15 is 4.39 Å². The molecule has 3 aliphatic heterocycles. The van der Waals surface area contributed by atoms with E-state index in [0.29, 0.717) is 32.4 Å². The van der Waals surface area contributed by atoms with Crippen LogP contribution in [-0.2, 0) is 0 Å². The predicted octanol–water partition coefficient (Wildman–Crippen LogP) is 5.63. The van der Waals surface area contributed by atoms with E-state index in [1.165, 1.54) is 12.1 Å². The molecule has 3 saturated heterocycles. The van der Waals surface area contributed by atoms with Gasteiger partial charge in [0.05, 0.1) is 32.6 Å². The fourth-order valence-corrected chi connectivity index (χ4v) is 7.69. The minimum atomic E-state index is -1.13. The molecule has 1 unspecified atom stereocenters. The average molecular weight is 648 g/mol. The highest BCUT2D eigenvalue weighted by molar-refractivity contribution is 6.06. The van der Waals surface area contributed by atoms with E-state index in [9.17, 15) is 29.1 Å². The van der Waals surface area contributed by atoms with Crippen molar-refractivity contribution in [3.05, 3.63) is 57.6 Å². The van der Waals surface area contributed by atoms with Gasteiger partial charge >= 0.3 is 6.01 Å². The third-order valence-electron chi connectivity index (χ3n) is 9.74. The van der Waals surface area contributed by atoms with Gasteiger partial charge in [0, 0.05) is 43.1 Å². The second-order valence-electron chi connectivity index (χ2n) is 13.1. The second kappa shape index (κ2) is 11.2. The minimum Gasteiger partial charge on any atom is -0.508 e. The number of ether oxygens (including phenoxy) is 1. The van der Waals surface area contributed by atoms with Crippen LogP contribution in [-0.4, -0.2) is 80.1 Å². The van der Waals surface area contributed by atoms with Crippen LogP contribution >= 0.6 is 0 Å². The number of phenols is 1. The number of hydrogen-bond acceptors (Lipinski definition) is 9. The summed E-state index contributed by atoms with van der Waals surface area (Å²) in [6, 6.07) is 5.77. The Hall–Kier alpha value is -4.67. The first-order chi connectivity index (χ1) is 22.4. The summed E-state index contributed by atoms with van der Waals surface area (Å²) in [6.45, 7) is 3.28. The lowest BCUT2D eigenvalue weighted by Crippen LogP contribution is -2.46. The molecule has 10 nitrogen and oxygen atoms in total. The monoisotopic (exact) mass is 647 g/mol. The third kappa shape index (κ3) is 5.25. The number of aromatic hydroxyl groups is 1. The summed E-state index contributed by atoms with van der Waals surface area (Å²) in [5.74, 6) is 0.111. The predicted molar refractivity (Wildman–Crippen MR) is 169 cm³/mol. The maximum Gasteiger partial charge on any atom is 0.319 e. The lowest BCUT2D eigenvalue weighted by Gasteiger charge is -2.38. The molecule has 1 aromatic heterocycles. The maximum absolute atomic E-state index is 17.1. The van der Waals surface area contributed by atoms with Gasteiger partial charge in [0.2, 0.25) is 0 Å². The minimum absolute atomic E-state index is 0.00107. The molecule has 0 bridgehead atoms. The zero-order chi connectivity index (χ0) is 33.2. The maximum atomic E-state index is 17.1. The van der Waals surface area contributed by atoms with Crippen molar-refractivity contribution in [2.75, 3.05) is 37.7 Å². The molecule has 4 heterocycles. The summed E-state index contributed by atoms with van der Waals surface area (Å²) in [7, 11) is 0. The van der Waals surface area contributed by atoms with E-state index < -0.39 is 45.1 Å². The first-order valence-corrected chi connectivity index (χ1v) is 15.5. The van der Waals surface area contributed by atoms with Gasteiger partial charge in [-0.1, -0.05) is 12.0 Å². The molecule has 3 fully saturated rings. The van der Waals surface area contributed by atoms with E-state index in [0.717, 1.165) is 31.2 Å². The Morgan fingerprint density at radius 1 is 1.19 bits per heavy atom. The van der Waals surface area contributed by atoms with Crippen molar-refractivity contribution >= 4 is 33.2 Å². The van der Waals surface area contributed by atoms with Gasteiger partial charge < -0.3 is 19.8 Å². The number of fused-ring (bicyclic) bond motifs is 3. The van der Waals surface area contributed by atoms with Crippen LogP contribution in [0.3, 0.4) is 0 Å². The van der Waals surface area contributed by atoms with Gasteiger partial charge in [0.15, 0.2) is 5.82 Å². The number of aliphatic hydroxyl groups is 1. The summed E-state index contributed by atoms with van der Waals surface area (Å²) < 4.78 is 52.5. The fraction of sp³-hybridized carbons (Fsp3) is 0.412. The molecule has 3 aliphatic rings. The smallest absolute Gasteiger partial charge is 0.319 e. The molecule has 0 radical (unpaired) electrons. The van der Waals surface area contributed by atoms with Gasteiger partial charge in [0.25, 0.3) is 5.69 Å². The van der Waals surface area contributed by atoms with E-state index in [1.807, 2.05) is 0 Å². The number of nitrogens with zero attached hydrogens (tertiary/aromatic N) is 5. The van der Waals surface area contributed by atoms with Crippen molar-refractivity contribution in [1.82, 2.24) is 14.9 Å². The SMILES string of the molecule is C#Cc1c(F)ccc2cc(O)cc(-c3c([N+](=O)[O-])cc4c(N5CCCC(C)(O)C5)nc(OC[C@@]56CCCN5C[C@H](F)C6)nc4c3F)c12. The standard InChI is InChI=1S/C34H32F3N5O5/c1-3-22-25(36)7-6-19-12-21(43)13-23(27(19)22)28-26(42(45)46)14-24-30(29(28)37)38-32(39-31(24)40-10-4-8-33(2,44)17-40)47-18-34-9-5-11-41(34)16-20(35)15-34/h1,6-7,12-14,20,43-44H,4-5,8-11,15-18H2,2H3/t20-,33?,34+/m1/s1. The largest absolute Gasteiger partial charge is 0.508 e. The van der Waals surface area contributed by atoms with Gasteiger partial charge in [-0.15, -0.1) is 6.42 Å². The van der Waals surface area contributed by atoms with Crippen molar-refractivity contribution in [2.45, 2.75) is 56.3 Å². The van der Waals surface area contributed by atoms with Gasteiger partial charge in [-0.3, -0.25) is 15.0 Å². The molecule has 244 valence electrons.